The highest BCUT2D eigenvalue weighted by molar-refractivity contribution is 6.39. The molecule has 0 atom stereocenters. The van der Waals surface area contributed by atoms with Gasteiger partial charge in [-0.05, 0) is 25.7 Å². The molecule has 0 rings (SSSR count). The number of aliphatic imine (C=N–C) groups is 2. The van der Waals surface area contributed by atoms with Crippen LogP contribution in [0.15, 0.2) is 9.98 Å². The molecule has 0 aliphatic heterocycles. The SMILES string of the molecule is CCCN=C(N)C(N)=NCCC.CCCOCCC. The zero-order chi connectivity index (χ0) is 14.9. The summed E-state index contributed by atoms with van der Waals surface area (Å²) in [5.74, 6) is 0.732. The van der Waals surface area contributed by atoms with E-state index in [9.17, 15) is 0 Å². The van der Waals surface area contributed by atoms with Gasteiger partial charge in [-0.2, -0.15) is 0 Å². The second kappa shape index (κ2) is 16.9. The van der Waals surface area contributed by atoms with E-state index < -0.39 is 0 Å². The van der Waals surface area contributed by atoms with E-state index in [2.05, 4.69) is 23.8 Å². The molecule has 5 heteroatoms. The lowest BCUT2D eigenvalue weighted by Gasteiger charge is -1.98. The number of hydrogen-bond acceptors (Lipinski definition) is 3. The highest BCUT2D eigenvalue weighted by Gasteiger charge is 1.95. The molecule has 0 aromatic carbocycles. The van der Waals surface area contributed by atoms with Crippen molar-refractivity contribution >= 4 is 11.7 Å². The van der Waals surface area contributed by atoms with E-state index in [4.69, 9.17) is 16.2 Å². The summed E-state index contributed by atoms with van der Waals surface area (Å²) in [6.45, 7) is 11.6. The van der Waals surface area contributed by atoms with Gasteiger partial charge in [-0.3, -0.25) is 9.98 Å². The number of hydrogen-bond donors (Lipinski definition) is 2. The van der Waals surface area contributed by atoms with E-state index in [0.29, 0.717) is 24.8 Å². The Morgan fingerprint density at radius 1 is 0.737 bits per heavy atom. The average molecular weight is 272 g/mol. The van der Waals surface area contributed by atoms with Crippen molar-refractivity contribution in [1.29, 1.82) is 0 Å². The summed E-state index contributed by atoms with van der Waals surface area (Å²) in [6.07, 6.45) is 4.23. The van der Waals surface area contributed by atoms with Gasteiger partial charge < -0.3 is 16.2 Å². The van der Waals surface area contributed by atoms with Crippen LogP contribution in [0.1, 0.15) is 53.4 Å². The lowest BCUT2D eigenvalue weighted by Crippen LogP contribution is -2.31. The molecule has 0 aromatic rings. The molecule has 0 fully saturated rings. The quantitative estimate of drug-likeness (QED) is 0.404. The van der Waals surface area contributed by atoms with Crippen LogP contribution in [-0.4, -0.2) is 38.0 Å². The monoisotopic (exact) mass is 272 g/mol. The first kappa shape index (κ1) is 20.2. The molecule has 0 aliphatic rings. The van der Waals surface area contributed by atoms with Crippen molar-refractivity contribution in [2.24, 2.45) is 21.5 Å². The summed E-state index contributed by atoms with van der Waals surface area (Å²) in [7, 11) is 0. The predicted octanol–water partition coefficient (Wildman–Crippen LogP) is 2.34. The fourth-order valence-corrected chi connectivity index (χ4v) is 1.02. The van der Waals surface area contributed by atoms with Crippen molar-refractivity contribution in [3.8, 4) is 0 Å². The van der Waals surface area contributed by atoms with E-state index >= 15 is 0 Å². The van der Waals surface area contributed by atoms with Crippen molar-refractivity contribution in [2.45, 2.75) is 53.4 Å². The Balaban J connectivity index is 0. The van der Waals surface area contributed by atoms with Gasteiger partial charge in [0.2, 0.25) is 0 Å². The molecular formula is C14H32N4O. The summed E-state index contributed by atoms with van der Waals surface area (Å²) in [5, 5.41) is 0. The van der Waals surface area contributed by atoms with Gasteiger partial charge in [-0.15, -0.1) is 0 Å². The molecule has 5 nitrogen and oxygen atoms in total. The third-order valence-electron chi connectivity index (χ3n) is 1.97. The molecule has 0 amide bonds. The van der Waals surface area contributed by atoms with Crippen molar-refractivity contribution < 1.29 is 4.74 Å². The highest BCUT2D eigenvalue weighted by Crippen LogP contribution is 1.82. The van der Waals surface area contributed by atoms with Gasteiger partial charge in [-0.25, -0.2) is 0 Å². The Hall–Kier alpha value is -1.10. The minimum absolute atomic E-state index is 0.366. The van der Waals surface area contributed by atoms with Crippen LogP contribution in [0.25, 0.3) is 0 Å². The van der Waals surface area contributed by atoms with Crippen molar-refractivity contribution in [3.63, 3.8) is 0 Å². The topological polar surface area (TPSA) is 86.0 Å². The molecule has 0 aliphatic carbocycles. The van der Waals surface area contributed by atoms with E-state index in [1.807, 2.05) is 13.8 Å². The van der Waals surface area contributed by atoms with E-state index in [0.717, 1.165) is 38.9 Å². The van der Waals surface area contributed by atoms with Gasteiger partial charge >= 0.3 is 0 Å². The van der Waals surface area contributed by atoms with Gasteiger partial charge in [0.15, 0.2) is 11.7 Å². The maximum Gasteiger partial charge on any atom is 0.161 e. The highest BCUT2D eigenvalue weighted by atomic mass is 16.5. The first-order valence-corrected chi connectivity index (χ1v) is 7.31. The Labute approximate surface area is 118 Å². The first-order valence-electron chi connectivity index (χ1n) is 7.31. The van der Waals surface area contributed by atoms with E-state index in [-0.39, 0.29) is 0 Å². The van der Waals surface area contributed by atoms with Crippen LogP contribution in [0.5, 0.6) is 0 Å². The molecule has 114 valence electrons. The van der Waals surface area contributed by atoms with Gasteiger partial charge in [0.05, 0.1) is 0 Å². The van der Waals surface area contributed by atoms with E-state index in [1.165, 1.54) is 0 Å². The summed E-state index contributed by atoms with van der Waals surface area (Å²) in [6, 6.07) is 0. The van der Waals surface area contributed by atoms with Crippen LogP contribution in [0.3, 0.4) is 0 Å². The molecule has 0 saturated heterocycles. The summed E-state index contributed by atoms with van der Waals surface area (Å²) in [5.41, 5.74) is 11.1. The smallest absolute Gasteiger partial charge is 0.161 e. The molecule has 0 heterocycles. The zero-order valence-corrected chi connectivity index (χ0v) is 13.1. The summed E-state index contributed by atoms with van der Waals surface area (Å²) in [4.78, 5) is 8.07. The fourth-order valence-electron chi connectivity index (χ4n) is 1.02. The fraction of sp³-hybridized carbons (Fsp3) is 0.857. The molecule has 19 heavy (non-hydrogen) atoms. The number of nitrogens with two attached hydrogens (primary N) is 2. The van der Waals surface area contributed by atoms with Gasteiger partial charge in [0, 0.05) is 26.3 Å². The van der Waals surface area contributed by atoms with E-state index in [1.54, 1.807) is 0 Å². The normalized spacial score (nSPS) is 12.0. The largest absolute Gasteiger partial charge is 0.381 e. The maximum absolute atomic E-state index is 5.54. The molecule has 0 saturated carbocycles. The van der Waals surface area contributed by atoms with Crippen LogP contribution >= 0.6 is 0 Å². The predicted molar refractivity (Wildman–Crippen MR) is 85.0 cm³/mol. The second-order valence-electron chi connectivity index (χ2n) is 4.15. The first-order chi connectivity index (χ1) is 9.13. The molecule has 0 aromatic heterocycles. The van der Waals surface area contributed by atoms with Crippen molar-refractivity contribution in [3.05, 3.63) is 0 Å². The second-order valence-corrected chi connectivity index (χ2v) is 4.15. The lowest BCUT2D eigenvalue weighted by atomic mass is 10.4. The zero-order valence-electron chi connectivity index (χ0n) is 13.1. The minimum atomic E-state index is 0.366. The minimum Gasteiger partial charge on any atom is -0.381 e. The summed E-state index contributed by atoms with van der Waals surface area (Å²) >= 11 is 0. The van der Waals surface area contributed by atoms with Crippen molar-refractivity contribution in [1.82, 2.24) is 0 Å². The molecule has 0 bridgehead atoms. The number of nitrogens with zero attached hydrogens (tertiary/aromatic N) is 2. The Kier molecular flexibility index (Phi) is 18.0. The summed E-state index contributed by atoms with van der Waals surface area (Å²) < 4.78 is 5.13. The van der Waals surface area contributed by atoms with Crippen molar-refractivity contribution in [2.75, 3.05) is 26.3 Å². The standard InChI is InChI=1S/C8H18N4.C6H14O/c1-3-5-11-7(9)8(10)12-6-4-2;1-3-5-7-6-4-2/h3-6H2,1-2H3,(H2,9,11)(H2,10,12);3-6H2,1-2H3. The molecule has 0 radical (unpaired) electrons. The molecule has 4 N–H and O–H groups in total. The molecule has 0 spiro atoms. The van der Waals surface area contributed by atoms with Gasteiger partial charge in [-0.1, -0.05) is 27.7 Å². The van der Waals surface area contributed by atoms with Gasteiger partial charge in [0.1, 0.15) is 0 Å². The van der Waals surface area contributed by atoms with Crippen LogP contribution in [0, 0.1) is 0 Å². The van der Waals surface area contributed by atoms with Gasteiger partial charge in [0.25, 0.3) is 0 Å². The Morgan fingerprint density at radius 2 is 1.11 bits per heavy atom. The number of amidine groups is 2. The lowest BCUT2D eigenvalue weighted by molar-refractivity contribution is 0.135. The maximum atomic E-state index is 5.54. The third kappa shape index (κ3) is 16.9. The van der Waals surface area contributed by atoms with Crippen LogP contribution in [0.2, 0.25) is 0 Å². The third-order valence-corrected chi connectivity index (χ3v) is 1.97. The van der Waals surface area contributed by atoms with Crippen LogP contribution in [-0.2, 0) is 4.74 Å². The Morgan fingerprint density at radius 3 is 1.37 bits per heavy atom. The van der Waals surface area contributed by atoms with Crippen LogP contribution < -0.4 is 11.5 Å². The Bertz CT molecular complexity index is 216. The number of rotatable bonds is 8. The average Bonchev–Trinajstić information content (AvgIpc) is 2.43. The number of ether oxygens (including phenoxy) is 1. The molecule has 0 unspecified atom stereocenters. The molecular weight excluding hydrogens is 240 g/mol. The van der Waals surface area contributed by atoms with Crippen LogP contribution in [0.4, 0.5) is 0 Å².